The molecular formula is C15H11N3S. The lowest BCUT2D eigenvalue weighted by Gasteiger charge is -1.96. The van der Waals surface area contributed by atoms with Crippen molar-refractivity contribution < 1.29 is 0 Å². The fourth-order valence-corrected chi connectivity index (χ4v) is 3.88. The van der Waals surface area contributed by atoms with Crippen molar-refractivity contribution in [3.05, 3.63) is 46.6 Å². The molecule has 1 aliphatic rings. The zero-order valence-corrected chi connectivity index (χ0v) is 11.1. The molecule has 1 aromatic carbocycles. The SMILES string of the molecule is N#Cc1cccc(-c2cn3c4c(sc3n2)CCC4)c1. The zero-order valence-electron chi connectivity index (χ0n) is 10.3. The molecule has 4 heteroatoms. The molecule has 0 bridgehead atoms. The number of fused-ring (bicyclic) bond motifs is 3. The van der Waals surface area contributed by atoms with Gasteiger partial charge in [0.25, 0.3) is 0 Å². The zero-order chi connectivity index (χ0) is 12.8. The molecule has 19 heavy (non-hydrogen) atoms. The van der Waals surface area contributed by atoms with E-state index in [2.05, 4.69) is 16.7 Å². The summed E-state index contributed by atoms with van der Waals surface area (Å²) < 4.78 is 2.22. The number of hydrogen-bond donors (Lipinski definition) is 0. The molecule has 2 aromatic heterocycles. The van der Waals surface area contributed by atoms with Crippen LogP contribution in [0.15, 0.2) is 30.5 Å². The summed E-state index contributed by atoms with van der Waals surface area (Å²) in [5.74, 6) is 0. The maximum absolute atomic E-state index is 8.96. The number of aromatic nitrogens is 2. The summed E-state index contributed by atoms with van der Waals surface area (Å²) in [5.41, 5.74) is 4.08. The lowest BCUT2D eigenvalue weighted by Crippen LogP contribution is -1.85. The molecule has 2 heterocycles. The molecule has 0 radical (unpaired) electrons. The number of benzene rings is 1. The van der Waals surface area contributed by atoms with Crippen LogP contribution in [0.5, 0.6) is 0 Å². The molecule has 0 unspecified atom stereocenters. The maximum Gasteiger partial charge on any atom is 0.194 e. The van der Waals surface area contributed by atoms with Crippen molar-refractivity contribution in [3.8, 4) is 17.3 Å². The normalized spacial score (nSPS) is 13.6. The van der Waals surface area contributed by atoms with E-state index >= 15 is 0 Å². The largest absolute Gasteiger partial charge is 0.294 e. The van der Waals surface area contributed by atoms with Gasteiger partial charge in [0.2, 0.25) is 0 Å². The van der Waals surface area contributed by atoms with Gasteiger partial charge in [-0.05, 0) is 31.4 Å². The molecular weight excluding hydrogens is 254 g/mol. The molecule has 0 saturated heterocycles. The molecule has 0 aliphatic heterocycles. The third kappa shape index (κ3) is 1.59. The van der Waals surface area contributed by atoms with Crippen molar-refractivity contribution >= 4 is 16.3 Å². The third-order valence-corrected chi connectivity index (χ3v) is 4.76. The summed E-state index contributed by atoms with van der Waals surface area (Å²) in [6.07, 6.45) is 5.72. The first-order chi connectivity index (χ1) is 9.35. The summed E-state index contributed by atoms with van der Waals surface area (Å²) in [6, 6.07) is 9.80. The number of rotatable bonds is 1. The molecule has 3 nitrogen and oxygen atoms in total. The molecule has 0 atom stereocenters. The van der Waals surface area contributed by atoms with E-state index in [1.54, 1.807) is 11.3 Å². The van der Waals surface area contributed by atoms with Crippen LogP contribution in [0, 0.1) is 11.3 Å². The highest BCUT2D eigenvalue weighted by atomic mass is 32.1. The van der Waals surface area contributed by atoms with E-state index in [9.17, 15) is 0 Å². The van der Waals surface area contributed by atoms with Gasteiger partial charge in [0.05, 0.1) is 17.3 Å². The number of hydrogen-bond acceptors (Lipinski definition) is 3. The lowest BCUT2D eigenvalue weighted by molar-refractivity contribution is 0.888. The van der Waals surface area contributed by atoms with Gasteiger partial charge in [-0.15, -0.1) is 11.3 Å². The topological polar surface area (TPSA) is 41.1 Å². The van der Waals surface area contributed by atoms with Crippen LogP contribution in [0.3, 0.4) is 0 Å². The Morgan fingerprint density at radius 2 is 2.26 bits per heavy atom. The van der Waals surface area contributed by atoms with Crippen LogP contribution in [-0.2, 0) is 12.8 Å². The van der Waals surface area contributed by atoms with Crippen LogP contribution in [0.2, 0.25) is 0 Å². The van der Waals surface area contributed by atoms with Crippen LogP contribution in [0.4, 0.5) is 0 Å². The monoisotopic (exact) mass is 265 g/mol. The van der Waals surface area contributed by atoms with E-state index in [4.69, 9.17) is 10.2 Å². The second-order valence-electron chi connectivity index (χ2n) is 4.80. The van der Waals surface area contributed by atoms with Crippen molar-refractivity contribution in [2.24, 2.45) is 0 Å². The Morgan fingerprint density at radius 1 is 1.32 bits per heavy atom. The number of aryl methyl sites for hydroxylation is 2. The van der Waals surface area contributed by atoms with Gasteiger partial charge in [-0.1, -0.05) is 12.1 Å². The minimum atomic E-state index is 0.680. The van der Waals surface area contributed by atoms with Gasteiger partial charge in [0.1, 0.15) is 0 Å². The summed E-state index contributed by atoms with van der Waals surface area (Å²) in [7, 11) is 0. The Hall–Kier alpha value is -2.12. The molecule has 0 saturated carbocycles. The predicted molar refractivity (Wildman–Crippen MR) is 75.2 cm³/mol. The van der Waals surface area contributed by atoms with Crippen LogP contribution in [0.1, 0.15) is 22.6 Å². The van der Waals surface area contributed by atoms with Crippen LogP contribution in [-0.4, -0.2) is 9.38 Å². The average molecular weight is 265 g/mol. The van der Waals surface area contributed by atoms with Crippen molar-refractivity contribution in [2.45, 2.75) is 19.3 Å². The Bertz CT molecular complexity index is 820. The molecule has 3 aromatic rings. The van der Waals surface area contributed by atoms with Crippen LogP contribution in [0.25, 0.3) is 16.2 Å². The van der Waals surface area contributed by atoms with E-state index in [1.807, 2.05) is 24.3 Å². The first-order valence-corrected chi connectivity index (χ1v) is 7.17. The van der Waals surface area contributed by atoms with E-state index in [-0.39, 0.29) is 0 Å². The summed E-state index contributed by atoms with van der Waals surface area (Å²) in [5, 5.41) is 8.96. The first kappa shape index (κ1) is 10.8. The van der Waals surface area contributed by atoms with Gasteiger partial charge in [-0.3, -0.25) is 4.40 Å². The Kier molecular flexibility index (Phi) is 2.23. The van der Waals surface area contributed by atoms with Crippen molar-refractivity contribution in [2.75, 3.05) is 0 Å². The van der Waals surface area contributed by atoms with E-state index < -0.39 is 0 Å². The van der Waals surface area contributed by atoms with Gasteiger partial charge in [0, 0.05) is 22.3 Å². The quantitative estimate of drug-likeness (QED) is 0.676. The minimum absolute atomic E-state index is 0.680. The minimum Gasteiger partial charge on any atom is -0.294 e. The number of imidazole rings is 1. The molecule has 0 N–H and O–H groups in total. The maximum atomic E-state index is 8.96. The molecule has 0 amide bonds. The smallest absolute Gasteiger partial charge is 0.194 e. The first-order valence-electron chi connectivity index (χ1n) is 6.35. The second-order valence-corrected chi connectivity index (χ2v) is 5.86. The van der Waals surface area contributed by atoms with E-state index in [1.165, 1.54) is 23.4 Å². The summed E-state index contributed by atoms with van der Waals surface area (Å²) in [6.45, 7) is 0. The Labute approximate surface area is 114 Å². The molecule has 0 fully saturated rings. The molecule has 92 valence electrons. The Morgan fingerprint density at radius 3 is 3.16 bits per heavy atom. The van der Waals surface area contributed by atoms with Crippen LogP contribution >= 0.6 is 11.3 Å². The molecule has 1 aliphatic carbocycles. The van der Waals surface area contributed by atoms with Gasteiger partial charge in [-0.25, -0.2) is 4.98 Å². The molecule has 0 spiro atoms. The summed E-state index contributed by atoms with van der Waals surface area (Å²) >= 11 is 1.80. The third-order valence-electron chi connectivity index (χ3n) is 3.61. The number of nitriles is 1. The average Bonchev–Trinajstić information content (AvgIpc) is 3.09. The number of nitrogens with zero attached hydrogens (tertiary/aromatic N) is 3. The fraction of sp³-hybridized carbons (Fsp3) is 0.200. The molecule has 4 rings (SSSR count). The second kappa shape index (κ2) is 3.94. The van der Waals surface area contributed by atoms with Gasteiger partial charge in [-0.2, -0.15) is 5.26 Å². The van der Waals surface area contributed by atoms with E-state index in [0.29, 0.717) is 5.56 Å². The summed E-state index contributed by atoms with van der Waals surface area (Å²) in [4.78, 5) is 7.25. The fourth-order valence-electron chi connectivity index (χ4n) is 2.69. The standard InChI is InChI=1S/C15H11N3S/c16-8-10-3-1-4-11(7-10)12-9-18-13-5-2-6-14(13)19-15(18)17-12/h1,3-4,7,9H,2,5-6H2. The lowest BCUT2D eigenvalue weighted by atomic mass is 10.1. The van der Waals surface area contributed by atoms with Crippen molar-refractivity contribution in [1.82, 2.24) is 9.38 Å². The highest BCUT2D eigenvalue weighted by Gasteiger charge is 2.19. The number of thiazole rings is 1. The van der Waals surface area contributed by atoms with Crippen LogP contribution < -0.4 is 0 Å². The van der Waals surface area contributed by atoms with E-state index in [0.717, 1.165) is 22.6 Å². The van der Waals surface area contributed by atoms with Crippen molar-refractivity contribution in [3.63, 3.8) is 0 Å². The highest BCUT2D eigenvalue weighted by molar-refractivity contribution is 7.17. The van der Waals surface area contributed by atoms with Gasteiger partial charge < -0.3 is 0 Å². The highest BCUT2D eigenvalue weighted by Crippen LogP contribution is 2.32. The Balaban J connectivity index is 1.87. The van der Waals surface area contributed by atoms with Gasteiger partial charge in [0.15, 0.2) is 4.96 Å². The van der Waals surface area contributed by atoms with Crippen molar-refractivity contribution in [1.29, 1.82) is 5.26 Å². The van der Waals surface area contributed by atoms with Gasteiger partial charge >= 0.3 is 0 Å². The predicted octanol–water partition coefficient (Wildman–Crippen LogP) is 3.42.